The Balaban J connectivity index is 2.52. The molecule has 2 rings (SSSR count). The Kier molecular flexibility index (Phi) is 5.59. The van der Waals surface area contributed by atoms with Gasteiger partial charge in [-0.3, -0.25) is 4.57 Å². The first-order valence-corrected chi connectivity index (χ1v) is 7.98. The molecule has 0 saturated heterocycles. The molecule has 134 valence electrons. The van der Waals surface area contributed by atoms with Crippen LogP contribution < -0.4 is 10.4 Å². The van der Waals surface area contributed by atoms with Crippen LogP contribution in [0, 0.1) is 17.1 Å². The third-order valence-electron chi connectivity index (χ3n) is 3.74. The lowest BCUT2D eigenvalue weighted by Crippen LogP contribution is -2.28. The molecular weight excluding hydrogens is 325 g/mol. The number of hydrogen-bond acceptors (Lipinski definition) is 5. The highest BCUT2D eigenvalue weighted by molar-refractivity contribution is 5.51. The molecule has 0 bridgehead atoms. The molecule has 0 aliphatic heterocycles. The highest BCUT2D eigenvalue weighted by atomic mass is 19.1. The van der Waals surface area contributed by atoms with Crippen molar-refractivity contribution in [1.82, 2.24) is 19.2 Å². The van der Waals surface area contributed by atoms with Crippen molar-refractivity contribution in [3.05, 3.63) is 39.8 Å². The molecule has 0 fully saturated rings. The maximum Gasteiger partial charge on any atom is 0.350 e. The largest absolute Gasteiger partial charge is 0.488 e. The Hall–Kier alpha value is -2.66. The van der Waals surface area contributed by atoms with E-state index in [9.17, 15) is 14.4 Å². The lowest BCUT2D eigenvalue weighted by atomic mass is 10.2. The van der Waals surface area contributed by atoms with Crippen LogP contribution in [0.4, 0.5) is 4.39 Å². The molecule has 0 aliphatic rings. The van der Waals surface area contributed by atoms with Gasteiger partial charge in [0.2, 0.25) is 0 Å². The first kappa shape index (κ1) is 18.7. The molecule has 0 unspecified atom stereocenters. The summed E-state index contributed by atoms with van der Waals surface area (Å²) in [6, 6.07) is 4.35. The van der Waals surface area contributed by atoms with Crippen molar-refractivity contribution >= 4 is 0 Å². The zero-order valence-electron chi connectivity index (χ0n) is 15.1. The van der Waals surface area contributed by atoms with E-state index in [1.54, 1.807) is 7.05 Å². The van der Waals surface area contributed by atoms with E-state index in [1.165, 1.54) is 10.6 Å². The Morgan fingerprint density at radius 3 is 2.64 bits per heavy atom. The highest BCUT2D eigenvalue weighted by Gasteiger charge is 2.19. The van der Waals surface area contributed by atoms with E-state index in [2.05, 4.69) is 5.10 Å². The van der Waals surface area contributed by atoms with E-state index in [0.29, 0.717) is 18.8 Å². The van der Waals surface area contributed by atoms with Crippen LogP contribution in [-0.4, -0.2) is 46.0 Å². The number of ether oxygens (including phenoxy) is 1. The van der Waals surface area contributed by atoms with Crippen molar-refractivity contribution in [3.63, 3.8) is 0 Å². The second-order valence-electron chi connectivity index (χ2n) is 6.13. The fraction of sp³-hybridized carbons (Fsp3) is 0.471. The Bertz CT molecular complexity index is 863. The Morgan fingerprint density at radius 1 is 1.44 bits per heavy atom. The SMILES string of the molecule is CCc1nn(-c2cc(O[C@@H](C)CN(C)C)c(C#N)cc2F)c(=O)n1C. The van der Waals surface area contributed by atoms with Gasteiger partial charge < -0.3 is 9.64 Å². The minimum atomic E-state index is -0.702. The van der Waals surface area contributed by atoms with Gasteiger partial charge in [-0.2, -0.15) is 9.94 Å². The van der Waals surface area contributed by atoms with Crippen LogP contribution in [0.1, 0.15) is 25.2 Å². The normalized spacial score (nSPS) is 12.2. The molecule has 1 aromatic heterocycles. The zero-order chi connectivity index (χ0) is 18.7. The van der Waals surface area contributed by atoms with Crippen molar-refractivity contribution in [3.8, 4) is 17.5 Å². The lowest BCUT2D eigenvalue weighted by molar-refractivity contribution is 0.176. The van der Waals surface area contributed by atoms with Gasteiger partial charge in [-0.25, -0.2) is 9.18 Å². The summed E-state index contributed by atoms with van der Waals surface area (Å²) in [6.07, 6.45) is 0.326. The monoisotopic (exact) mass is 347 g/mol. The number of aryl methyl sites for hydroxylation is 1. The van der Waals surface area contributed by atoms with Gasteiger partial charge in [0.05, 0.1) is 5.56 Å². The Labute approximate surface area is 145 Å². The summed E-state index contributed by atoms with van der Waals surface area (Å²) in [7, 11) is 5.39. The molecule has 1 heterocycles. The number of likely N-dealkylation sites (N-methyl/N-ethyl adjacent to an activating group) is 1. The summed E-state index contributed by atoms with van der Waals surface area (Å²) < 4.78 is 22.6. The predicted octanol–water partition coefficient (Wildman–Crippen LogP) is 1.47. The summed E-state index contributed by atoms with van der Waals surface area (Å²) in [6.45, 7) is 4.34. The average Bonchev–Trinajstić information content (AvgIpc) is 2.83. The van der Waals surface area contributed by atoms with E-state index in [0.717, 1.165) is 10.7 Å². The molecule has 0 spiro atoms. The van der Waals surface area contributed by atoms with Crippen molar-refractivity contribution < 1.29 is 9.13 Å². The van der Waals surface area contributed by atoms with Gasteiger partial charge in [-0.05, 0) is 27.1 Å². The molecule has 1 atom stereocenters. The fourth-order valence-corrected chi connectivity index (χ4v) is 2.60. The van der Waals surface area contributed by atoms with Crippen LogP contribution in [0.2, 0.25) is 0 Å². The van der Waals surface area contributed by atoms with Gasteiger partial charge >= 0.3 is 5.69 Å². The molecule has 1 aromatic carbocycles. The van der Waals surface area contributed by atoms with Gasteiger partial charge in [0.15, 0.2) is 5.82 Å². The van der Waals surface area contributed by atoms with E-state index in [1.807, 2.05) is 38.9 Å². The van der Waals surface area contributed by atoms with Crippen LogP contribution in [0.3, 0.4) is 0 Å². The number of benzene rings is 1. The van der Waals surface area contributed by atoms with Crippen LogP contribution in [-0.2, 0) is 13.5 Å². The van der Waals surface area contributed by atoms with Gasteiger partial charge in [-0.15, -0.1) is 5.10 Å². The van der Waals surface area contributed by atoms with Crippen molar-refractivity contribution in [2.24, 2.45) is 7.05 Å². The van der Waals surface area contributed by atoms with Gasteiger partial charge in [-0.1, -0.05) is 6.92 Å². The first-order valence-electron chi connectivity index (χ1n) is 7.98. The molecule has 7 nitrogen and oxygen atoms in total. The fourth-order valence-electron chi connectivity index (χ4n) is 2.60. The number of aromatic nitrogens is 3. The maximum absolute atomic E-state index is 14.5. The molecular formula is C17H22FN5O2. The second-order valence-corrected chi connectivity index (χ2v) is 6.13. The van der Waals surface area contributed by atoms with E-state index in [-0.39, 0.29) is 23.1 Å². The minimum Gasteiger partial charge on any atom is -0.488 e. The van der Waals surface area contributed by atoms with Crippen LogP contribution in [0.15, 0.2) is 16.9 Å². The van der Waals surface area contributed by atoms with Gasteiger partial charge in [0.25, 0.3) is 0 Å². The van der Waals surface area contributed by atoms with Crippen molar-refractivity contribution in [2.45, 2.75) is 26.4 Å². The summed E-state index contributed by atoms with van der Waals surface area (Å²) in [5.41, 5.74) is -0.411. The number of hydrogen-bond donors (Lipinski definition) is 0. The molecule has 8 heteroatoms. The minimum absolute atomic E-state index is 0.0358. The smallest absolute Gasteiger partial charge is 0.350 e. The van der Waals surface area contributed by atoms with Crippen LogP contribution in [0.25, 0.3) is 5.69 Å². The van der Waals surface area contributed by atoms with Gasteiger partial charge in [0, 0.05) is 26.1 Å². The zero-order valence-corrected chi connectivity index (χ0v) is 15.1. The van der Waals surface area contributed by atoms with E-state index >= 15 is 0 Å². The standard InChI is InChI=1S/C17H22FN5O2/c1-6-16-20-23(17(24)22(16)5)14-8-15(12(9-19)7-13(14)18)25-11(2)10-21(3)4/h7-8,11H,6,10H2,1-5H3/t11-/m0/s1. The summed E-state index contributed by atoms with van der Waals surface area (Å²) in [5, 5.41) is 13.4. The highest BCUT2D eigenvalue weighted by Crippen LogP contribution is 2.25. The molecule has 0 radical (unpaired) electrons. The molecule has 2 aromatic rings. The quantitative estimate of drug-likeness (QED) is 0.791. The third-order valence-corrected chi connectivity index (χ3v) is 3.74. The molecule has 0 aliphatic carbocycles. The Morgan fingerprint density at radius 2 is 2.12 bits per heavy atom. The van der Waals surface area contributed by atoms with E-state index < -0.39 is 11.5 Å². The molecule has 0 N–H and O–H groups in total. The summed E-state index contributed by atoms with van der Waals surface area (Å²) >= 11 is 0. The number of nitriles is 1. The predicted molar refractivity (Wildman–Crippen MR) is 91.5 cm³/mol. The average molecular weight is 347 g/mol. The second kappa shape index (κ2) is 7.49. The van der Waals surface area contributed by atoms with Gasteiger partial charge in [0.1, 0.15) is 29.4 Å². The molecule has 0 amide bonds. The number of halogens is 1. The molecule has 0 saturated carbocycles. The number of nitrogens with zero attached hydrogens (tertiary/aromatic N) is 5. The molecule has 25 heavy (non-hydrogen) atoms. The van der Waals surface area contributed by atoms with Crippen molar-refractivity contribution in [2.75, 3.05) is 20.6 Å². The summed E-state index contributed by atoms with van der Waals surface area (Å²) in [5.74, 6) is 0.0630. The lowest BCUT2D eigenvalue weighted by Gasteiger charge is -2.20. The van der Waals surface area contributed by atoms with E-state index in [4.69, 9.17) is 4.74 Å². The maximum atomic E-state index is 14.5. The van der Waals surface area contributed by atoms with Crippen molar-refractivity contribution in [1.29, 1.82) is 5.26 Å². The number of rotatable bonds is 6. The topological polar surface area (TPSA) is 76.1 Å². The third kappa shape index (κ3) is 3.88. The van der Waals surface area contributed by atoms with Crippen LogP contribution in [0.5, 0.6) is 5.75 Å². The summed E-state index contributed by atoms with van der Waals surface area (Å²) in [4.78, 5) is 14.3. The van der Waals surface area contributed by atoms with Crippen LogP contribution >= 0.6 is 0 Å². The first-order chi connectivity index (χ1) is 11.8.